The van der Waals surface area contributed by atoms with Gasteiger partial charge in [0.05, 0.1) is 6.54 Å². The molecule has 0 radical (unpaired) electrons. The molecule has 1 aromatic carbocycles. The molecule has 2 aliphatic heterocycles. The first-order chi connectivity index (χ1) is 11.9. The average Bonchev–Trinajstić information content (AvgIpc) is 2.63. The summed E-state index contributed by atoms with van der Waals surface area (Å²) < 4.78 is 0. The molecule has 3 atom stereocenters. The fourth-order valence-electron chi connectivity index (χ4n) is 3.34. The number of hydrogen-bond acceptors (Lipinski definition) is 3. The molecule has 0 aliphatic carbocycles. The number of nitrogens with one attached hydrogen (secondary N) is 1. The summed E-state index contributed by atoms with van der Waals surface area (Å²) in [5.74, 6) is -0.289. The van der Waals surface area contributed by atoms with Gasteiger partial charge in [0.25, 0.3) is 5.91 Å². The molecule has 2 aliphatic rings. The lowest BCUT2D eigenvalue weighted by Gasteiger charge is -2.46. The summed E-state index contributed by atoms with van der Waals surface area (Å²) >= 11 is 5.86. The van der Waals surface area contributed by atoms with Gasteiger partial charge in [-0.1, -0.05) is 31.9 Å². The van der Waals surface area contributed by atoms with E-state index < -0.39 is 12.1 Å². The summed E-state index contributed by atoms with van der Waals surface area (Å²) in [7, 11) is 0. The molecular formula is C18H22ClN3O3. The highest BCUT2D eigenvalue weighted by Crippen LogP contribution is 2.22. The summed E-state index contributed by atoms with van der Waals surface area (Å²) in [5, 5.41) is 3.40. The second kappa shape index (κ2) is 7.04. The number of benzene rings is 1. The maximum Gasteiger partial charge on any atom is 0.254 e. The molecule has 25 heavy (non-hydrogen) atoms. The molecule has 2 saturated heterocycles. The SMILES string of the molecule is CC[C@H](C)[C@@H]1NC(=O)[C@H]2CN(C(=O)c3ccc(Cl)cc3)CCN2C1=O. The third-order valence-corrected chi connectivity index (χ3v) is 5.37. The van der Waals surface area contributed by atoms with Crippen molar-refractivity contribution in [3.05, 3.63) is 34.9 Å². The Hall–Kier alpha value is -2.08. The first-order valence-electron chi connectivity index (χ1n) is 8.58. The number of piperazine rings is 2. The average molecular weight is 364 g/mol. The van der Waals surface area contributed by atoms with Crippen molar-refractivity contribution in [3.8, 4) is 0 Å². The Balaban J connectivity index is 1.73. The zero-order chi connectivity index (χ0) is 18.1. The predicted molar refractivity (Wildman–Crippen MR) is 94.2 cm³/mol. The molecule has 0 saturated carbocycles. The van der Waals surface area contributed by atoms with Crippen LogP contribution in [0.3, 0.4) is 0 Å². The number of nitrogens with zero attached hydrogens (tertiary/aromatic N) is 2. The number of carbonyl (C=O) groups excluding carboxylic acids is 3. The van der Waals surface area contributed by atoms with E-state index in [2.05, 4.69) is 5.32 Å². The summed E-state index contributed by atoms with van der Waals surface area (Å²) in [6.07, 6.45) is 0.816. The summed E-state index contributed by atoms with van der Waals surface area (Å²) in [6.45, 7) is 4.97. The zero-order valence-electron chi connectivity index (χ0n) is 14.4. The van der Waals surface area contributed by atoms with Gasteiger partial charge in [-0.2, -0.15) is 0 Å². The third-order valence-electron chi connectivity index (χ3n) is 5.12. The molecule has 2 fully saturated rings. The number of carbonyl (C=O) groups is 3. The van der Waals surface area contributed by atoms with Crippen LogP contribution in [-0.2, 0) is 9.59 Å². The number of halogens is 1. The van der Waals surface area contributed by atoms with Crippen LogP contribution in [0.1, 0.15) is 30.6 Å². The fraction of sp³-hybridized carbons (Fsp3) is 0.500. The third kappa shape index (κ3) is 3.35. The van der Waals surface area contributed by atoms with E-state index in [1.165, 1.54) is 0 Å². The molecule has 6 nitrogen and oxygen atoms in total. The number of fused-ring (bicyclic) bond motifs is 1. The van der Waals surface area contributed by atoms with Crippen molar-refractivity contribution in [2.75, 3.05) is 19.6 Å². The molecule has 3 amide bonds. The van der Waals surface area contributed by atoms with E-state index in [-0.39, 0.29) is 30.2 Å². The Bertz CT molecular complexity index is 691. The predicted octanol–water partition coefficient (Wildman–Crippen LogP) is 1.54. The van der Waals surface area contributed by atoms with E-state index in [1.54, 1.807) is 34.1 Å². The minimum atomic E-state index is -0.613. The topological polar surface area (TPSA) is 69.7 Å². The molecule has 0 bridgehead atoms. The second-order valence-corrected chi connectivity index (χ2v) is 7.11. The standard InChI is InChI=1S/C18H22ClN3O3/c1-3-11(2)15-18(25)22-9-8-21(10-14(22)16(23)20-15)17(24)12-4-6-13(19)7-5-12/h4-7,11,14-15H,3,8-10H2,1-2H3,(H,20,23)/t11-,14+,15-/m0/s1. The van der Waals surface area contributed by atoms with Crippen LogP contribution in [0.2, 0.25) is 5.02 Å². The molecule has 0 aromatic heterocycles. The quantitative estimate of drug-likeness (QED) is 0.885. The Morgan fingerprint density at radius 3 is 2.60 bits per heavy atom. The van der Waals surface area contributed by atoms with Gasteiger partial charge in [-0.15, -0.1) is 0 Å². The first kappa shape index (κ1) is 17.7. The van der Waals surface area contributed by atoms with Gasteiger partial charge in [-0.05, 0) is 30.2 Å². The first-order valence-corrected chi connectivity index (χ1v) is 8.96. The van der Waals surface area contributed by atoms with Crippen LogP contribution >= 0.6 is 11.6 Å². The van der Waals surface area contributed by atoms with E-state index in [4.69, 9.17) is 11.6 Å². The van der Waals surface area contributed by atoms with E-state index in [9.17, 15) is 14.4 Å². The highest BCUT2D eigenvalue weighted by Gasteiger charge is 2.45. The molecule has 2 heterocycles. The summed E-state index contributed by atoms with van der Waals surface area (Å²) in [4.78, 5) is 41.1. The van der Waals surface area contributed by atoms with Crippen molar-refractivity contribution in [1.29, 1.82) is 0 Å². The van der Waals surface area contributed by atoms with Crippen molar-refractivity contribution in [2.45, 2.75) is 32.4 Å². The largest absolute Gasteiger partial charge is 0.342 e. The maximum atomic E-state index is 12.7. The van der Waals surface area contributed by atoms with Crippen LogP contribution in [0, 0.1) is 5.92 Å². The molecule has 0 spiro atoms. The van der Waals surface area contributed by atoms with Crippen molar-refractivity contribution in [2.24, 2.45) is 5.92 Å². The Kier molecular flexibility index (Phi) is 4.99. The Labute approximate surface area is 152 Å². The highest BCUT2D eigenvalue weighted by atomic mass is 35.5. The van der Waals surface area contributed by atoms with Crippen molar-refractivity contribution >= 4 is 29.3 Å². The normalized spacial score (nSPS) is 24.6. The van der Waals surface area contributed by atoms with Gasteiger partial charge in [-0.3, -0.25) is 14.4 Å². The monoisotopic (exact) mass is 363 g/mol. The fourth-order valence-corrected chi connectivity index (χ4v) is 3.47. The minimum absolute atomic E-state index is 0.0439. The number of amides is 3. The zero-order valence-corrected chi connectivity index (χ0v) is 15.1. The molecule has 134 valence electrons. The lowest BCUT2D eigenvalue weighted by Crippen LogP contribution is -2.70. The number of rotatable bonds is 3. The lowest BCUT2D eigenvalue weighted by molar-refractivity contribution is -0.153. The van der Waals surface area contributed by atoms with E-state index in [1.807, 2.05) is 13.8 Å². The maximum absolute atomic E-state index is 12.7. The minimum Gasteiger partial charge on any atom is -0.342 e. The van der Waals surface area contributed by atoms with Gasteiger partial charge >= 0.3 is 0 Å². The molecule has 1 aromatic rings. The van der Waals surface area contributed by atoms with Gasteiger partial charge in [0, 0.05) is 23.7 Å². The van der Waals surface area contributed by atoms with E-state index in [0.717, 1.165) is 6.42 Å². The molecular weight excluding hydrogens is 342 g/mol. The van der Waals surface area contributed by atoms with Crippen LogP contribution < -0.4 is 5.32 Å². The van der Waals surface area contributed by atoms with Gasteiger partial charge in [0.1, 0.15) is 12.1 Å². The molecule has 1 N–H and O–H groups in total. The van der Waals surface area contributed by atoms with E-state index >= 15 is 0 Å². The van der Waals surface area contributed by atoms with E-state index in [0.29, 0.717) is 23.7 Å². The molecule has 0 unspecified atom stereocenters. The molecule has 7 heteroatoms. The van der Waals surface area contributed by atoms with Gasteiger partial charge < -0.3 is 15.1 Å². The van der Waals surface area contributed by atoms with Crippen molar-refractivity contribution < 1.29 is 14.4 Å². The van der Waals surface area contributed by atoms with Gasteiger partial charge in [0.2, 0.25) is 11.8 Å². The lowest BCUT2D eigenvalue weighted by atomic mass is 9.93. The van der Waals surface area contributed by atoms with Crippen molar-refractivity contribution in [1.82, 2.24) is 15.1 Å². The summed E-state index contributed by atoms with van der Waals surface area (Å²) in [6, 6.07) is 5.59. The Morgan fingerprint density at radius 2 is 1.96 bits per heavy atom. The van der Waals surface area contributed by atoms with Gasteiger partial charge in [-0.25, -0.2) is 0 Å². The van der Waals surface area contributed by atoms with Crippen LogP contribution in [0.15, 0.2) is 24.3 Å². The van der Waals surface area contributed by atoms with Crippen LogP contribution in [0.5, 0.6) is 0 Å². The highest BCUT2D eigenvalue weighted by molar-refractivity contribution is 6.30. The summed E-state index contributed by atoms with van der Waals surface area (Å²) in [5.41, 5.74) is 0.526. The smallest absolute Gasteiger partial charge is 0.254 e. The molecule has 3 rings (SSSR count). The van der Waals surface area contributed by atoms with Crippen molar-refractivity contribution in [3.63, 3.8) is 0 Å². The Morgan fingerprint density at radius 1 is 1.28 bits per heavy atom. The van der Waals surface area contributed by atoms with Crippen LogP contribution in [0.25, 0.3) is 0 Å². The van der Waals surface area contributed by atoms with Gasteiger partial charge in [0.15, 0.2) is 0 Å². The second-order valence-electron chi connectivity index (χ2n) is 6.68. The number of hydrogen-bond donors (Lipinski definition) is 1. The van der Waals surface area contributed by atoms with Crippen LogP contribution in [-0.4, -0.2) is 59.2 Å². The van der Waals surface area contributed by atoms with Crippen LogP contribution in [0.4, 0.5) is 0 Å².